The second kappa shape index (κ2) is 3.42. The average molecular weight is 173 g/mol. The maximum atomic E-state index is 12.0. The molecule has 0 spiro atoms. The lowest BCUT2D eigenvalue weighted by Gasteiger charge is -2.02. The van der Waals surface area contributed by atoms with Crippen LogP contribution in [0.25, 0.3) is 0 Å². The third kappa shape index (κ3) is 1.66. The highest BCUT2D eigenvalue weighted by Crippen LogP contribution is 2.17. The Bertz CT molecular complexity index is 275. The molecule has 0 bridgehead atoms. The van der Waals surface area contributed by atoms with Gasteiger partial charge in [0.15, 0.2) is 0 Å². The van der Waals surface area contributed by atoms with Gasteiger partial charge in [-0.25, -0.2) is 13.8 Å². The maximum Gasteiger partial charge on any atom is 0.281 e. The summed E-state index contributed by atoms with van der Waals surface area (Å²) >= 11 is 0. The van der Waals surface area contributed by atoms with E-state index in [1.54, 1.807) is 0 Å². The van der Waals surface area contributed by atoms with Crippen LogP contribution in [0.3, 0.4) is 0 Å². The van der Waals surface area contributed by atoms with Crippen molar-refractivity contribution in [3.8, 4) is 0 Å². The van der Waals surface area contributed by atoms with Crippen molar-refractivity contribution in [3.63, 3.8) is 0 Å². The number of rotatable bonds is 2. The van der Waals surface area contributed by atoms with Crippen LogP contribution in [0.15, 0.2) is 6.20 Å². The largest absolute Gasteiger partial charge is 0.382 e. The number of nitrogens with zero attached hydrogens (tertiary/aromatic N) is 2. The summed E-state index contributed by atoms with van der Waals surface area (Å²) in [5, 5.41) is 0. The SMILES string of the molecule is CCc1ncc(C(F)F)nc1N. The number of nitrogen functional groups attached to an aromatic ring is 1. The molecule has 12 heavy (non-hydrogen) atoms. The Morgan fingerprint density at radius 1 is 1.58 bits per heavy atom. The summed E-state index contributed by atoms with van der Waals surface area (Å²) < 4.78 is 24.0. The normalized spacial score (nSPS) is 10.7. The van der Waals surface area contributed by atoms with Gasteiger partial charge in [-0.2, -0.15) is 0 Å². The van der Waals surface area contributed by atoms with Crippen molar-refractivity contribution in [1.29, 1.82) is 0 Å². The molecule has 0 fully saturated rings. The molecule has 1 aromatic heterocycles. The van der Waals surface area contributed by atoms with Gasteiger partial charge in [0, 0.05) is 0 Å². The number of hydrogen-bond donors (Lipinski definition) is 1. The first-order valence-electron chi connectivity index (χ1n) is 3.54. The topological polar surface area (TPSA) is 51.8 Å². The number of anilines is 1. The quantitative estimate of drug-likeness (QED) is 0.738. The van der Waals surface area contributed by atoms with E-state index in [0.717, 1.165) is 6.20 Å². The standard InChI is InChI=1S/C7H9F2N3/c1-2-4-7(10)12-5(3-11-4)6(8)9/h3,6H,2H2,1H3,(H2,10,12). The number of aryl methyl sites for hydroxylation is 1. The van der Waals surface area contributed by atoms with Crippen LogP contribution in [0.4, 0.5) is 14.6 Å². The van der Waals surface area contributed by atoms with Crippen LogP contribution in [-0.2, 0) is 6.42 Å². The van der Waals surface area contributed by atoms with E-state index >= 15 is 0 Å². The molecule has 1 aromatic rings. The van der Waals surface area contributed by atoms with Gasteiger partial charge in [-0.05, 0) is 6.42 Å². The van der Waals surface area contributed by atoms with Gasteiger partial charge in [-0.1, -0.05) is 6.92 Å². The smallest absolute Gasteiger partial charge is 0.281 e. The third-order valence-electron chi connectivity index (χ3n) is 1.46. The maximum absolute atomic E-state index is 12.0. The van der Waals surface area contributed by atoms with E-state index in [1.165, 1.54) is 0 Å². The first-order chi connectivity index (χ1) is 5.65. The van der Waals surface area contributed by atoms with Crippen LogP contribution >= 0.6 is 0 Å². The Labute approximate surface area is 68.6 Å². The lowest BCUT2D eigenvalue weighted by Crippen LogP contribution is -2.03. The van der Waals surface area contributed by atoms with Gasteiger partial charge in [0.2, 0.25) is 0 Å². The lowest BCUT2D eigenvalue weighted by atomic mass is 10.3. The van der Waals surface area contributed by atoms with E-state index in [1.807, 2.05) is 6.92 Å². The highest BCUT2D eigenvalue weighted by atomic mass is 19.3. The number of alkyl halides is 2. The minimum atomic E-state index is -2.61. The zero-order valence-electron chi connectivity index (χ0n) is 6.59. The molecular weight excluding hydrogens is 164 g/mol. The highest BCUT2D eigenvalue weighted by Gasteiger charge is 2.10. The molecule has 5 heteroatoms. The summed E-state index contributed by atoms with van der Waals surface area (Å²) in [7, 11) is 0. The van der Waals surface area contributed by atoms with Gasteiger partial charge in [0.25, 0.3) is 6.43 Å². The summed E-state index contributed by atoms with van der Waals surface area (Å²) in [4.78, 5) is 7.26. The molecule has 2 N–H and O–H groups in total. The van der Waals surface area contributed by atoms with Crippen LogP contribution < -0.4 is 5.73 Å². The van der Waals surface area contributed by atoms with Crippen LogP contribution in [0.1, 0.15) is 24.7 Å². The molecule has 0 aliphatic rings. The van der Waals surface area contributed by atoms with E-state index in [0.29, 0.717) is 12.1 Å². The molecule has 0 aliphatic heterocycles. The molecule has 0 amide bonds. The van der Waals surface area contributed by atoms with Gasteiger partial charge < -0.3 is 5.73 Å². The molecule has 0 radical (unpaired) electrons. The fraction of sp³-hybridized carbons (Fsp3) is 0.429. The number of nitrogens with two attached hydrogens (primary N) is 1. The average Bonchev–Trinajstić information content (AvgIpc) is 2.04. The first kappa shape index (κ1) is 8.83. The minimum Gasteiger partial charge on any atom is -0.382 e. The molecule has 3 nitrogen and oxygen atoms in total. The molecular formula is C7H9F2N3. The van der Waals surface area contributed by atoms with Crippen molar-refractivity contribution in [1.82, 2.24) is 9.97 Å². The number of hydrogen-bond acceptors (Lipinski definition) is 3. The number of halogens is 2. The molecule has 0 aromatic carbocycles. The predicted molar refractivity (Wildman–Crippen MR) is 40.8 cm³/mol. The molecule has 1 rings (SSSR count). The number of aromatic nitrogens is 2. The van der Waals surface area contributed by atoms with Crippen LogP contribution in [-0.4, -0.2) is 9.97 Å². The Kier molecular flexibility index (Phi) is 2.52. The zero-order chi connectivity index (χ0) is 9.14. The third-order valence-corrected chi connectivity index (χ3v) is 1.46. The van der Waals surface area contributed by atoms with Gasteiger partial charge >= 0.3 is 0 Å². The summed E-state index contributed by atoms with van der Waals surface area (Å²) in [5.74, 6) is 0.0929. The fourth-order valence-electron chi connectivity index (χ4n) is 0.820. The van der Waals surface area contributed by atoms with Gasteiger partial charge in [0.1, 0.15) is 11.5 Å². The van der Waals surface area contributed by atoms with Gasteiger partial charge in [-0.15, -0.1) is 0 Å². The van der Waals surface area contributed by atoms with E-state index < -0.39 is 6.43 Å². The van der Waals surface area contributed by atoms with E-state index in [4.69, 9.17) is 5.73 Å². The van der Waals surface area contributed by atoms with Gasteiger partial charge in [-0.3, -0.25) is 4.98 Å². The van der Waals surface area contributed by atoms with Crippen molar-refractivity contribution in [2.24, 2.45) is 0 Å². The van der Waals surface area contributed by atoms with E-state index in [-0.39, 0.29) is 11.5 Å². The van der Waals surface area contributed by atoms with Crippen molar-refractivity contribution in [2.45, 2.75) is 19.8 Å². The molecule has 0 aliphatic carbocycles. The summed E-state index contributed by atoms with van der Waals surface area (Å²) in [6.45, 7) is 1.84. The summed E-state index contributed by atoms with van der Waals surface area (Å²) in [6, 6.07) is 0. The Balaban J connectivity index is 3.02. The Morgan fingerprint density at radius 3 is 2.67 bits per heavy atom. The second-order valence-electron chi connectivity index (χ2n) is 2.28. The lowest BCUT2D eigenvalue weighted by molar-refractivity contribution is 0.145. The van der Waals surface area contributed by atoms with Crippen molar-refractivity contribution in [3.05, 3.63) is 17.6 Å². The highest BCUT2D eigenvalue weighted by molar-refractivity contribution is 5.34. The van der Waals surface area contributed by atoms with Gasteiger partial charge in [0.05, 0.1) is 11.9 Å². The molecule has 66 valence electrons. The first-order valence-corrected chi connectivity index (χ1v) is 3.54. The Hall–Kier alpha value is -1.26. The van der Waals surface area contributed by atoms with Crippen molar-refractivity contribution >= 4 is 5.82 Å². The predicted octanol–water partition coefficient (Wildman–Crippen LogP) is 1.56. The molecule has 0 saturated heterocycles. The minimum absolute atomic E-state index is 0.0929. The summed E-state index contributed by atoms with van der Waals surface area (Å²) in [6.07, 6.45) is -0.951. The Morgan fingerprint density at radius 2 is 2.25 bits per heavy atom. The van der Waals surface area contributed by atoms with Crippen LogP contribution in [0, 0.1) is 0 Å². The zero-order valence-corrected chi connectivity index (χ0v) is 6.59. The van der Waals surface area contributed by atoms with Crippen molar-refractivity contribution in [2.75, 3.05) is 5.73 Å². The second-order valence-corrected chi connectivity index (χ2v) is 2.28. The molecule has 0 atom stereocenters. The molecule has 0 unspecified atom stereocenters. The van der Waals surface area contributed by atoms with E-state index in [2.05, 4.69) is 9.97 Å². The van der Waals surface area contributed by atoms with Crippen LogP contribution in [0.2, 0.25) is 0 Å². The summed E-state index contributed by atoms with van der Waals surface area (Å²) in [5.41, 5.74) is 5.55. The van der Waals surface area contributed by atoms with E-state index in [9.17, 15) is 8.78 Å². The monoisotopic (exact) mass is 173 g/mol. The molecule has 1 heterocycles. The van der Waals surface area contributed by atoms with Crippen LogP contribution in [0.5, 0.6) is 0 Å². The van der Waals surface area contributed by atoms with Crippen molar-refractivity contribution < 1.29 is 8.78 Å². The molecule has 0 saturated carbocycles. The fourth-order valence-corrected chi connectivity index (χ4v) is 0.820.